The minimum Gasteiger partial charge on any atom is -0.489 e. The molecular formula is C29H33N5O3. The minimum atomic E-state index is -1.09. The van der Waals surface area contributed by atoms with E-state index >= 15 is 0 Å². The van der Waals surface area contributed by atoms with Gasteiger partial charge in [0.25, 0.3) is 0 Å². The molecule has 3 aromatic heterocycles. The number of pyridine rings is 2. The molecule has 0 radical (unpaired) electrons. The second-order valence-electron chi connectivity index (χ2n) is 9.97. The molecule has 1 N–H and O–H groups in total. The van der Waals surface area contributed by atoms with E-state index in [2.05, 4.69) is 21.7 Å². The second-order valence-corrected chi connectivity index (χ2v) is 9.97. The molecule has 1 aromatic carbocycles. The van der Waals surface area contributed by atoms with Crippen LogP contribution in [0.2, 0.25) is 0 Å². The molecule has 37 heavy (non-hydrogen) atoms. The van der Waals surface area contributed by atoms with Gasteiger partial charge in [0.1, 0.15) is 11.4 Å². The van der Waals surface area contributed by atoms with Crippen LogP contribution in [0, 0.1) is 6.92 Å². The molecule has 8 heteroatoms. The Kier molecular flexibility index (Phi) is 6.88. The molecule has 0 amide bonds. The number of imidazole rings is 1. The van der Waals surface area contributed by atoms with Crippen molar-refractivity contribution in [1.82, 2.24) is 19.1 Å². The third kappa shape index (κ3) is 4.97. The molecule has 3 heterocycles. The lowest BCUT2D eigenvalue weighted by Crippen LogP contribution is -2.23. The van der Waals surface area contributed by atoms with Gasteiger partial charge < -0.3 is 9.84 Å². The molecule has 0 saturated carbocycles. The van der Waals surface area contributed by atoms with Crippen LogP contribution in [0.15, 0.2) is 64.4 Å². The van der Waals surface area contributed by atoms with Gasteiger partial charge in [-0.2, -0.15) is 0 Å². The highest BCUT2D eigenvalue weighted by Crippen LogP contribution is 2.30. The molecule has 4 aromatic rings. The molecule has 0 bridgehead atoms. The van der Waals surface area contributed by atoms with Crippen molar-refractivity contribution in [2.75, 3.05) is 0 Å². The molecule has 0 atom stereocenters. The summed E-state index contributed by atoms with van der Waals surface area (Å²) in [5, 5.41) is 11.2. The fraction of sp³-hybridized carbons (Fsp3) is 0.310. The zero-order chi connectivity index (χ0) is 27.1. The molecule has 0 fully saturated rings. The number of aliphatic hydroxyl groups is 1. The number of allylic oxidation sites excluding steroid dienone is 2. The molecular weight excluding hydrogens is 466 g/mol. The lowest BCUT2D eigenvalue weighted by Gasteiger charge is -2.18. The van der Waals surface area contributed by atoms with Gasteiger partial charge in [0, 0.05) is 12.4 Å². The summed E-state index contributed by atoms with van der Waals surface area (Å²) in [6, 6.07) is 9.57. The Hall–Kier alpha value is -4.04. The van der Waals surface area contributed by atoms with Crippen molar-refractivity contribution < 1.29 is 9.84 Å². The molecule has 192 valence electrons. The van der Waals surface area contributed by atoms with Crippen LogP contribution in [0.25, 0.3) is 33.2 Å². The Morgan fingerprint density at radius 2 is 1.97 bits per heavy atom. The smallest absolute Gasteiger partial charge is 0.333 e. The van der Waals surface area contributed by atoms with Crippen molar-refractivity contribution in [3.63, 3.8) is 0 Å². The largest absolute Gasteiger partial charge is 0.489 e. The predicted octanol–water partition coefficient (Wildman–Crippen LogP) is 5.18. The Morgan fingerprint density at radius 1 is 1.24 bits per heavy atom. The van der Waals surface area contributed by atoms with Crippen LogP contribution < -0.4 is 5.69 Å². The summed E-state index contributed by atoms with van der Waals surface area (Å²) in [5.74, 6) is 0.615. The lowest BCUT2D eigenvalue weighted by molar-refractivity contribution is 0.0737. The maximum absolute atomic E-state index is 13.5. The highest BCUT2D eigenvalue weighted by atomic mass is 16.5. The topological polar surface area (TPSA) is 94.5 Å². The number of rotatable bonds is 7. The quantitative estimate of drug-likeness (QED) is 0.215. The molecule has 0 unspecified atom stereocenters. The first-order valence-corrected chi connectivity index (χ1v) is 12.1. The predicted molar refractivity (Wildman–Crippen MR) is 149 cm³/mol. The third-order valence-corrected chi connectivity index (χ3v) is 6.21. The molecule has 0 saturated heterocycles. The SMILES string of the molecule is C=NC=C(C=C(C)c1ccc2ncc3c(c2c1)n(-c1ccc(C(C)(C)O)nc1C)c(=O)n3C)OC(C)C. The Morgan fingerprint density at radius 3 is 2.59 bits per heavy atom. The van der Waals surface area contributed by atoms with Gasteiger partial charge in [-0.3, -0.25) is 24.1 Å². The standard InChI is InChI=1S/C29H33N5O3/c1-17(2)37-21(15-30-7)13-18(3)20-9-10-23-22(14-20)27-25(16-31-23)33(8)28(35)34(27)24-11-12-26(29(5,6)36)32-19(24)4/h9-17,36H,7H2,1-6,8H3. The van der Waals surface area contributed by atoms with E-state index in [0.717, 1.165) is 27.6 Å². The van der Waals surface area contributed by atoms with Crippen molar-refractivity contribution in [3.8, 4) is 5.69 Å². The van der Waals surface area contributed by atoms with Crippen molar-refractivity contribution in [1.29, 1.82) is 0 Å². The van der Waals surface area contributed by atoms with E-state index < -0.39 is 5.60 Å². The maximum atomic E-state index is 13.5. The number of benzene rings is 1. The van der Waals surface area contributed by atoms with E-state index in [9.17, 15) is 9.90 Å². The number of aliphatic imine (C=N–C) groups is 1. The lowest BCUT2D eigenvalue weighted by atomic mass is 10.0. The minimum absolute atomic E-state index is 0.00382. The van der Waals surface area contributed by atoms with Gasteiger partial charge in [-0.1, -0.05) is 6.07 Å². The summed E-state index contributed by atoms with van der Waals surface area (Å²) in [7, 11) is 1.74. The second kappa shape index (κ2) is 9.78. The summed E-state index contributed by atoms with van der Waals surface area (Å²) in [6.45, 7) is 14.7. The zero-order valence-corrected chi connectivity index (χ0v) is 22.4. The van der Waals surface area contributed by atoms with Gasteiger partial charge in [-0.05, 0) is 89.7 Å². The van der Waals surface area contributed by atoms with Gasteiger partial charge in [0.2, 0.25) is 0 Å². The molecule has 0 aliphatic rings. The van der Waals surface area contributed by atoms with E-state index in [0.29, 0.717) is 28.4 Å². The van der Waals surface area contributed by atoms with Gasteiger partial charge >= 0.3 is 5.69 Å². The van der Waals surface area contributed by atoms with Crippen molar-refractivity contribution >= 4 is 34.2 Å². The van der Waals surface area contributed by atoms with Crippen LogP contribution >= 0.6 is 0 Å². The van der Waals surface area contributed by atoms with Crippen LogP contribution in [0.5, 0.6) is 0 Å². The summed E-state index contributed by atoms with van der Waals surface area (Å²) >= 11 is 0. The molecule has 4 rings (SSSR count). The van der Waals surface area contributed by atoms with E-state index in [1.807, 2.05) is 58.0 Å². The monoisotopic (exact) mass is 499 g/mol. The van der Waals surface area contributed by atoms with Crippen molar-refractivity contribution in [2.24, 2.45) is 12.0 Å². The molecule has 0 spiro atoms. The highest BCUT2D eigenvalue weighted by molar-refractivity contribution is 6.04. The van der Waals surface area contributed by atoms with Gasteiger partial charge in [0.05, 0.1) is 52.1 Å². The van der Waals surface area contributed by atoms with E-state index in [-0.39, 0.29) is 11.8 Å². The summed E-state index contributed by atoms with van der Waals surface area (Å²) in [5.41, 5.74) is 4.70. The van der Waals surface area contributed by atoms with Crippen molar-refractivity contribution in [2.45, 2.75) is 53.2 Å². The molecule has 0 aliphatic heterocycles. The maximum Gasteiger partial charge on any atom is 0.333 e. The Labute approximate surface area is 216 Å². The van der Waals surface area contributed by atoms with E-state index in [4.69, 9.17) is 4.74 Å². The van der Waals surface area contributed by atoms with Crippen LogP contribution in [0.3, 0.4) is 0 Å². The number of aryl methyl sites for hydroxylation is 2. The first-order chi connectivity index (χ1) is 17.4. The zero-order valence-electron chi connectivity index (χ0n) is 22.4. The summed E-state index contributed by atoms with van der Waals surface area (Å²) < 4.78 is 9.11. The number of fused-ring (bicyclic) bond motifs is 3. The normalized spacial score (nSPS) is 13.1. The summed E-state index contributed by atoms with van der Waals surface area (Å²) in [6.07, 6.45) is 5.23. The van der Waals surface area contributed by atoms with Crippen molar-refractivity contribution in [3.05, 3.63) is 82.0 Å². The van der Waals surface area contributed by atoms with Gasteiger partial charge in [0.15, 0.2) is 0 Å². The van der Waals surface area contributed by atoms with E-state index in [1.165, 1.54) is 0 Å². The average Bonchev–Trinajstić information content (AvgIpc) is 3.08. The number of hydrogen-bond acceptors (Lipinski definition) is 6. The van der Waals surface area contributed by atoms with Crippen LogP contribution in [0.4, 0.5) is 0 Å². The van der Waals surface area contributed by atoms with E-state index in [1.54, 1.807) is 48.5 Å². The van der Waals surface area contributed by atoms with Gasteiger partial charge in [-0.15, -0.1) is 0 Å². The first-order valence-electron chi connectivity index (χ1n) is 12.1. The Balaban J connectivity index is 1.97. The Bertz CT molecular complexity index is 1630. The number of hydrogen-bond donors (Lipinski definition) is 1. The average molecular weight is 500 g/mol. The molecule has 8 nitrogen and oxygen atoms in total. The highest BCUT2D eigenvalue weighted by Gasteiger charge is 2.22. The van der Waals surface area contributed by atoms with Gasteiger partial charge in [-0.25, -0.2) is 4.79 Å². The molecule has 0 aliphatic carbocycles. The summed E-state index contributed by atoms with van der Waals surface area (Å²) in [4.78, 5) is 26.6. The van der Waals surface area contributed by atoms with Crippen LogP contribution in [0.1, 0.15) is 51.6 Å². The third-order valence-electron chi connectivity index (χ3n) is 6.21. The fourth-order valence-corrected chi connectivity index (χ4v) is 4.36. The number of ether oxygens (including phenoxy) is 1. The number of nitrogens with zero attached hydrogens (tertiary/aromatic N) is 5. The fourth-order valence-electron chi connectivity index (χ4n) is 4.36. The van der Waals surface area contributed by atoms with Crippen LogP contribution in [-0.2, 0) is 17.4 Å². The van der Waals surface area contributed by atoms with Crippen LogP contribution in [-0.4, -0.2) is 37.0 Å². The number of aromatic nitrogens is 4. The first kappa shape index (κ1) is 26.0.